The Morgan fingerprint density at radius 1 is 1.23 bits per heavy atom. The molecule has 0 aliphatic rings. The Kier molecular flexibility index (Phi) is 7.01. The molecular formula is C20H22ClN5O4S. The number of hydrogen-bond donors (Lipinski definition) is 1. The van der Waals surface area contributed by atoms with Crippen molar-refractivity contribution in [1.82, 2.24) is 19.6 Å². The summed E-state index contributed by atoms with van der Waals surface area (Å²) < 4.78 is 12.0. The molecule has 0 fully saturated rings. The van der Waals surface area contributed by atoms with Crippen LogP contribution in [0.15, 0.2) is 17.3 Å². The second-order valence-corrected chi connectivity index (χ2v) is 7.94. The number of aromatic nitrogens is 4. The van der Waals surface area contributed by atoms with E-state index in [2.05, 4.69) is 20.4 Å². The Bertz CT molecular complexity index is 1160. The second-order valence-electron chi connectivity index (χ2n) is 6.76. The summed E-state index contributed by atoms with van der Waals surface area (Å²) in [5, 5.41) is 8.15. The van der Waals surface area contributed by atoms with Crippen molar-refractivity contribution in [3.8, 4) is 5.75 Å². The van der Waals surface area contributed by atoms with Crippen LogP contribution in [0.2, 0.25) is 5.02 Å². The molecule has 2 aromatic heterocycles. The molecule has 0 radical (unpaired) electrons. The number of halogens is 1. The highest BCUT2D eigenvalue weighted by molar-refractivity contribution is 7.98. The van der Waals surface area contributed by atoms with Crippen molar-refractivity contribution in [2.75, 3.05) is 25.3 Å². The van der Waals surface area contributed by atoms with Crippen LogP contribution in [0, 0.1) is 20.8 Å². The highest BCUT2D eigenvalue weighted by atomic mass is 35.5. The number of anilines is 1. The molecule has 11 heteroatoms. The Morgan fingerprint density at radius 3 is 2.65 bits per heavy atom. The third-order valence-corrected chi connectivity index (χ3v) is 5.60. The minimum atomic E-state index is -0.549. The first-order valence-corrected chi connectivity index (χ1v) is 10.9. The van der Waals surface area contributed by atoms with Crippen LogP contribution >= 0.6 is 23.4 Å². The minimum absolute atomic E-state index is 0.0360. The lowest BCUT2D eigenvalue weighted by molar-refractivity contribution is -0.146. The zero-order valence-electron chi connectivity index (χ0n) is 17.8. The number of fused-ring (bicyclic) bond motifs is 1. The predicted molar refractivity (Wildman–Crippen MR) is 118 cm³/mol. The number of nitrogens with one attached hydrogen (secondary N) is 1. The molecule has 0 atom stereocenters. The molecule has 1 aromatic carbocycles. The Labute approximate surface area is 188 Å². The van der Waals surface area contributed by atoms with Gasteiger partial charge in [0.15, 0.2) is 6.61 Å². The molecule has 0 unspecified atom stereocenters. The van der Waals surface area contributed by atoms with Crippen LogP contribution in [0.1, 0.15) is 22.5 Å². The van der Waals surface area contributed by atoms with Crippen LogP contribution in [-0.2, 0) is 20.7 Å². The molecule has 164 valence electrons. The highest BCUT2D eigenvalue weighted by Crippen LogP contribution is 2.30. The van der Waals surface area contributed by atoms with Gasteiger partial charge in [0, 0.05) is 28.0 Å². The number of ether oxygens (including phenoxy) is 2. The van der Waals surface area contributed by atoms with Crippen LogP contribution in [0.3, 0.4) is 0 Å². The van der Waals surface area contributed by atoms with Gasteiger partial charge in [-0.1, -0.05) is 23.4 Å². The zero-order chi connectivity index (χ0) is 22.7. The molecule has 0 spiro atoms. The van der Waals surface area contributed by atoms with Gasteiger partial charge >= 0.3 is 5.97 Å². The van der Waals surface area contributed by atoms with Crippen LogP contribution in [0.5, 0.6) is 5.75 Å². The summed E-state index contributed by atoms with van der Waals surface area (Å²) >= 11 is 7.48. The number of hydrogen-bond acceptors (Lipinski definition) is 8. The van der Waals surface area contributed by atoms with Crippen molar-refractivity contribution in [3.63, 3.8) is 0 Å². The molecule has 1 amide bonds. The van der Waals surface area contributed by atoms with Gasteiger partial charge in [0.1, 0.15) is 5.75 Å². The van der Waals surface area contributed by atoms with E-state index < -0.39 is 18.5 Å². The third-order valence-electron chi connectivity index (χ3n) is 4.65. The fourth-order valence-corrected chi connectivity index (χ4v) is 3.48. The standard InChI is InChI=1S/C20H22ClN5O4S/c1-10-6-15(16(29-4)8-14(10)21)23-17(27)9-30-18(28)7-13-11(2)22-19-24-20(31-5)25-26(19)12(13)3/h6,8H,7,9H2,1-5H3,(H,23,27). The van der Waals surface area contributed by atoms with Crippen molar-refractivity contribution in [2.24, 2.45) is 0 Å². The van der Waals surface area contributed by atoms with Crippen molar-refractivity contribution < 1.29 is 19.1 Å². The van der Waals surface area contributed by atoms with Gasteiger partial charge < -0.3 is 14.8 Å². The number of rotatable bonds is 7. The molecule has 1 N–H and O–H groups in total. The Balaban J connectivity index is 1.65. The van der Waals surface area contributed by atoms with Crippen LogP contribution < -0.4 is 10.1 Å². The highest BCUT2D eigenvalue weighted by Gasteiger charge is 2.18. The first kappa shape index (κ1) is 22.8. The first-order valence-electron chi connectivity index (χ1n) is 9.30. The molecule has 0 aliphatic carbocycles. The average molecular weight is 464 g/mol. The monoisotopic (exact) mass is 463 g/mol. The number of amides is 1. The van der Waals surface area contributed by atoms with E-state index >= 15 is 0 Å². The maximum absolute atomic E-state index is 12.4. The molecule has 9 nitrogen and oxygen atoms in total. The van der Waals surface area contributed by atoms with Crippen molar-refractivity contribution >= 4 is 46.7 Å². The lowest BCUT2D eigenvalue weighted by atomic mass is 10.1. The molecule has 31 heavy (non-hydrogen) atoms. The van der Waals surface area contributed by atoms with Gasteiger partial charge in [-0.05, 0) is 38.7 Å². The summed E-state index contributed by atoms with van der Waals surface area (Å²) in [6.07, 6.45) is 1.84. The van der Waals surface area contributed by atoms with Gasteiger partial charge in [-0.15, -0.1) is 5.10 Å². The van der Waals surface area contributed by atoms with Crippen molar-refractivity contribution in [2.45, 2.75) is 32.3 Å². The fourth-order valence-electron chi connectivity index (χ4n) is 2.99. The van der Waals surface area contributed by atoms with E-state index in [1.807, 2.05) is 20.1 Å². The summed E-state index contributed by atoms with van der Waals surface area (Å²) in [6, 6.07) is 3.30. The van der Waals surface area contributed by atoms with E-state index in [4.69, 9.17) is 21.1 Å². The van der Waals surface area contributed by atoms with Crippen molar-refractivity contribution in [3.05, 3.63) is 39.7 Å². The summed E-state index contributed by atoms with van der Waals surface area (Å²) in [6.45, 7) is 5.01. The minimum Gasteiger partial charge on any atom is -0.495 e. The first-order chi connectivity index (χ1) is 14.7. The fraction of sp³-hybridized carbons (Fsp3) is 0.350. The van der Waals surface area contributed by atoms with Crippen molar-refractivity contribution in [1.29, 1.82) is 0 Å². The largest absolute Gasteiger partial charge is 0.495 e. The van der Waals surface area contributed by atoms with E-state index in [-0.39, 0.29) is 6.42 Å². The van der Waals surface area contributed by atoms with Crippen LogP contribution in [0.4, 0.5) is 5.69 Å². The summed E-state index contributed by atoms with van der Waals surface area (Å²) in [4.78, 5) is 33.4. The van der Waals surface area contributed by atoms with E-state index in [0.29, 0.717) is 38.7 Å². The van der Waals surface area contributed by atoms with Crippen LogP contribution in [-0.4, -0.2) is 51.4 Å². The number of nitrogens with zero attached hydrogens (tertiary/aromatic N) is 4. The summed E-state index contributed by atoms with van der Waals surface area (Å²) in [7, 11) is 1.48. The maximum atomic E-state index is 12.4. The summed E-state index contributed by atoms with van der Waals surface area (Å²) in [5.74, 6) is -0.148. The van der Waals surface area contributed by atoms with Gasteiger partial charge in [0.2, 0.25) is 5.16 Å². The van der Waals surface area contributed by atoms with Gasteiger partial charge in [0.05, 0.1) is 19.2 Å². The molecule has 3 rings (SSSR count). The second kappa shape index (κ2) is 9.52. The van der Waals surface area contributed by atoms with E-state index in [1.54, 1.807) is 23.6 Å². The third kappa shape index (κ3) is 5.08. The molecule has 0 bridgehead atoms. The van der Waals surface area contributed by atoms with Crippen LogP contribution in [0.25, 0.3) is 5.78 Å². The molecule has 2 heterocycles. The number of thioether (sulfide) groups is 1. The van der Waals surface area contributed by atoms with E-state index in [1.165, 1.54) is 18.9 Å². The smallest absolute Gasteiger partial charge is 0.310 e. The average Bonchev–Trinajstić information content (AvgIpc) is 3.15. The van der Waals surface area contributed by atoms with Gasteiger partial charge in [0.25, 0.3) is 11.7 Å². The van der Waals surface area contributed by atoms with Gasteiger partial charge in [-0.3, -0.25) is 9.59 Å². The Hall–Kier alpha value is -2.85. The molecule has 0 saturated carbocycles. The van der Waals surface area contributed by atoms with Gasteiger partial charge in [-0.2, -0.15) is 4.98 Å². The molecule has 0 aliphatic heterocycles. The SMILES string of the molecule is COc1cc(Cl)c(C)cc1NC(=O)COC(=O)Cc1c(C)nc2nc(SC)nn2c1C. The molecule has 3 aromatic rings. The normalized spacial score (nSPS) is 10.9. The molecule has 0 saturated heterocycles. The van der Waals surface area contributed by atoms with Gasteiger partial charge in [-0.25, -0.2) is 9.50 Å². The zero-order valence-corrected chi connectivity index (χ0v) is 19.3. The number of carbonyl (C=O) groups is 2. The number of benzene rings is 1. The summed E-state index contributed by atoms with van der Waals surface area (Å²) in [5.41, 5.74) is 3.32. The lowest BCUT2D eigenvalue weighted by Gasteiger charge is -2.13. The predicted octanol–water partition coefficient (Wildman–Crippen LogP) is 3.16. The quantitative estimate of drug-likeness (QED) is 0.420. The maximum Gasteiger partial charge on any atom is 0.310 e. The molecular weight excluding hydrogens is 442 g/mol. The number of methoxy groups -OCH3 is 1. The Morgan fingerprint density at radius 2 is 1.97 bits per heavy atom. The van der Waals surface area contributed by atoms with E-state index in [0.717, 1.165) is 11.3 Å². The number of carbonyl (C=O) groups excluding carboxylic acids is 2. The van der Waals surface area contributed by atoms with E-state index in [9.17, 15) is 9.59 Å². The number of aryl methyl sites for hydroxylation is 3. The topological polar surface area (TPSA) is 108 Å². The number of esters is 1. The lowest BCUT2D eigenvalue weighted by Crippen LogP contribution is -2.22.